The molecule has 7 heteroatoms. The number of hydrogen-bond donors (Lipinski definition) is 1. The molecule has 0 bridgehead atoms. The summed E-state index contributed by atoms with van der Waals surface area (Å²) in [7, 11) is 1.54. The Labute approximate surface area is 136 Å². The molecule has 0 aliphatic rings. The van der Waals surface area contributed by atoms with Crippen molar-refractivity contribution in [1.82, 2.24) is 9.97 Å². The van der Waals surface area contributed by atoms with Gasteiger partial charge in [0.2, 0.25) is 0 Å². The van der Waals surface area contributed by atoms with Gasteiger partial charge in [-0.1, -0.05) is 17.7 Å². The zero-order valence-corrected chi connectivity index (χ0v) is 12.9. The molecule has 0 aliphatic carbocycles. The lowest BCUT2D eigenvalue weighted by Crippen LogP contribution is -1.99. The Balaban J connectivity index is 2.14. The minimum atomic E-state index is -0.545. The number of rotatable bonds is 4. The third-order valence-electron chi connectivity index (χ3n) is 3.31. The van der Waals surface area contributed by atoms with Gasteiger partial charge in [0.05, 0.1) is 23.3 Å². The number of fused-ring (bicyclic) bond motifs is 1. The highest BCUT2D eigenvalue weighted by atomic mass is 35.5. The van der Waals surface area contributed by atoms with E-state index < -0.39 is 5.82 Å². The molecule has 0 atom stereocenters. The van der Waals surface area contributed by atoms with Crippen LogP contribution < -0.4 is 10.1 Å². The summed E-state index contributed by atoms with van der Waals surface area (Å²) in [4.78, 5) is 12.3. The number of methoxy groups -OCH3 is 1. The van der Waals surface area contributed by atoms with Crippen LogP contribution in [0.5, 0.6) is 5.75 Å². The molecule has 1 N–H and O–H groups in total. The van der Waals surface area contributed by atoms with E-state index in [1.54, 1.807) is 24.3 Å². The summed E-state index contributed by atoms with van der Waals surface area (Å²) in [5.74, 6) is 0.436. The van der Waals surface area contributed by atoms with Crippen LogP contribution >= 0.6 is 11.6 Å². The monoisotopic (exact) mass is 330 g/mol. The van der Waals surface area contributed by atoms with E-state index in [4.69, 9.17) is 16.3 Å². The highest BCUT2D eigenvalue weighted by Gasteiger charge is 2.12. The minimum Gasteiger partial charge on any atom is -0.494 e. The molecule has 2 aromatic carbocycles. The predicted molar refractivity (Wildman–Crippen MR) is 90.0 cm³/mol. The number of halogens is 2. The van der Waals surface area contributed by atoms with E-state index in [0.717, 1.165) is 0 Å². The topological polar surface area (TPSA) is 59.4 Å². The first-order chi connectivity index (χ1) is 11.1. The molecule has 0 unspecified atom stereocenters. The maximum atomic E-state index is 14.1. The van der Waals surface area contributed by atoms with Gasteiger partial charge in [0.25, 0.3) is 0 Å². The van der Waals surface area contributed by atoms with E-state index >= 15 is 0 Å². The van der Waals surface area contributed by atoms with Crippen molar-refractivity contribution in [2.75, 3.05) is 12.4 Å². The van der Waals surface area contributed by atoms with E-state index in [2.05, 4.69) is 27.0 Å². The van der Waals surface area contributed by atoms with Crippen LogP contribution in [0.2, 0.25) is 5.02 Å². The molecule has 3 aromatic rings. The molecule has 1 heterocycles. The molecule has 0 radical (unpaired) electrons. The Kier molecular flexibility index (Phi) is 4.08. The molecule has 0 fully saturated rings. The summed E-state index contributed by atoms with van der Waals surface area (Å²) >= 11 is 5.80. The Morgan fingerprint density at radius 3 is 2.87 bits per heavy atom. The fraction of sp³-hybridized carbons (Fsp3) is 0.0625. The molecule has 0 aliphatic heterocycles. The van der Waals surface area contributed by atoms with Gasteiger partial charge in [0.15, 0.2) is 5.82 Å². The van der Waals surface area contributed by atoms with E-state index in [9.17, 15) is 4.39 Å². The number of benzene rings is 2. The number of nitrogens with one attached hydrogen (secondary N) is 1. The predicted octanol–water partition coefficient (Wildman–Crippen LogP) is 4.51. The standard InChI is InChI=1S/C16H12ClFN4O/c1-19-13-6-9-12(7-14(13)23-2)20-8-21-16(9)22-11-5-3-4-10(17)15(11)18/h3-8H,1H2,2H3,(H,20,21,22). The maximum absolute atomic E-state index is 14.1. The second-order valence-electron chi connectivity index (χ2n) is 4.65. The van der Waals surface area contributed by atoms with Crippen LogP contribution in [0, 0.1) is 5.82 Å². The van der Waals surface area contributed by atoms with Crippen LogP contribution in [0.1, 0.15) is 0 Å². The molecule has 1 aromatic heterocycles. The number of hydrogen-bond acceptors (Lipinski definition) is 5. The lowest BCUT2D eigenvalue weighted by Gasteiger charge is -2.11. The zero-order valence-electron chi connectivity index (χ0n) is 12.2. The van der Waals surface area contributed by atoms with Crippen LogP contribution in [0.15, 0.2) is 41.7 Å². The molecule has 0 saturated heterocycles. The summed E-state index contributed by atoms with van der Waals surface area (Å²) < 4.78 is 19.3. The number of aliphatic imine (C=N–C) groups is 1. The lowest BCUT2D eigenvalue weighted by molar-refractivity contribution is 0.417. The average Bonchev–Trinajstić information content (AvgIpc) is 2.58. The van der Waals surface area contributed by atoms with Crippen molar-refractivity contribution in [3.05, 3.63) is 47.5 Å². The van der Waals surface area contributed by atoms with Gasteiger partial charge >= 0.3 is 0 Å². The normalized spacial score (nSPS) is 10.6. The molecule has 5 nitrogen and oxygen atoms in total. The number of aromatic nitrogens is 2. The Morgan fingerprint density at radius 2 is 2.13 bits per heavy atom. The Hall–Kier alpha value is -2.73. The second-order valence-corrected chi connectivity index (χ2v) is 5.06. The van der Waals surface area contributed by atoms with Gasteiger partial charge in [0.1, 0.15) is 23.6 Å². The second kappa shape index (κ2) is 6.18. The average molecular weight is 331 g/mol. The summed E-state index contributed by atoms with van der Waals surface area (Å²) in [6, 6.07) is 8.15. The largest absolute Gasteiger partial charge is 0.494 e. The molecular formula is C16H12ClFN4O. The minimum absolute atomic E-state index is 0.0310. The fourth-order valence-corrected chi connectivity index (χ4v) is 2.36. The number of anilines is 2. The number of nitrogens with zero attached hydrogens (tertiary/aromatic N) is 3. The smallest absolute Gasteiger partial charge is 0.165 e. The van der Waals surface area contributed by atoms with E-state index in [0.29, 0.717) is 28.2 Å². The van der Waals surface area contributed by atoms with Gasteiger partial charge in [-0.25, -0.2) is 14.4 Å². The number of ether oxygens (including phenoxy) is 1. The SMILES string of the molecule is C=Nc1cc2c(Nc3cccc(Cl)c3F)ncnc2cc1OC. The van der Waals surface area contributed by atoms with Gasteiger partial charge in [-0.2, -0.15) is 0 Å². The van der Waals surface area contributed by atoms with Crippen molar-refractivity contribution in [1.29, 1.82) is 0 Å². The van der Waals surface area contributed by atoms with Crippen molar-refractivity contribution >= 4 is 46.4 Å². The van der Waals surface area contributed by atoms with E-state index in [1.807, 2.05) is 0 Å². The zero-order chi connectivity index (χ0) is 16.4. The third kappa shape index (κ3) is 2.80. The van der Waals surface area contributed by atoms with Crippen molar-refractivity contribution in [2.24, 2.45) is 4.99 Å². The van der Waals surface area contributed by atoms with Crippen LogP contribution in [-0.4, -0.2) is 23.8 Å². The van der Waals surface area contributed by atoms with Crippen LogP contribution in [0.25, 0.3) is 10.9 Å². The summed E-state index contributed by atoms with van der Waals surface area (Å²) in [5.41, 5.74) is 1.40. The first kappa shape index (κ1) is 15.2. The van der Waals surface area contributed by atoms with Gasteiger partial charge in [-0.15, -0.1) is 0 Å². The Morgan fingerprint density at radius 1 is 1.30 bits per heavy atom. The summed E-state index contributed by atoms with van der Waals surface area (Å²) in [6.07, 6.45) is 1.38. The molecule has 116 valence electrons. The van der Waals surface area contributed by atoms with Crippen molar-refractivity contribution in [3.63, 3.8) is 0 Å². The van der Waals surface area contributed by atoms with Crippen LogP contribution in [0.3, 0.4) is 0 Å². The van der Waals surface area contributed by atoms with Gasteiger partial charge in [-0.3, -0.25) is 4.99 Å². The first-order valence-electron chi connectivity index (χ1n) is 6.64. The van der Waals surface area contributed by atoms with E-state index in [1.165, 1.54) is 19.5 Å². The Bertz CT molecular complexity index is 901. The van der Waals surface area contributed by atoms with Gasteiger partial charge in [-0.05, 0) is 24.9 Å². The highest BCUT2D eigenvalue weighted by Crippen LogP contribution is 2.35. The molecule has 23 heavy (non-hydrogen) atoms. The molecule has 0 amide bonds. The third-order valence-corrected chi connectivity index (χ3v) is 3.60. The van der Waals surface area contributed by atoms with Crippen LogP contribution in [-0.2, 0) is 0 Å². The molecule has 0 spiro atoms. The van der Waals surface area contributed by atoms with Crippen molar-refractivity contribution in [2.45, 2.75) is 0 Å². The summed E-state index contributed by atoms with van der Waals surface area (Å²) in [5, 5.41) is 3.62. The fourth-order valence-electron chi connectivity index (χ4n) is 2.19. The molecule has 0 saturated carbocycles. The lowest BCUT2D eigenvalue weighted by atomic mass is 10.2. The molecular weight excluding hydrogens is 319 g/mol. The highest BCUT2D eigenvalue weighted by molar-refractivity contribution is 6.31. The van der Waals surface area contributed by atoms with Crippen molar-refractivity contribution < 1.29 is 9.13 Å². The van der Waals surface area contributed by atoms with E-state index in [-0.39, 0.29) is 10.7 Å². The van der Waals surface area contributed by atoms with Gasteiger partial charge < -0.3 is 10.1 Å². The van der Waals surface area contributed by atoms with Gasteiger partial charge in [0, 0.05) is 11.5 Å². The molecule has 3 rings (SSSR count). The first-order valence-corrected chi connectivity index (χ1v) is 7.02. The quantitative estimate of drug-likeness (QED) is 0.715. The maximum Gasteiger partial charge on any atom is 0.165 e. The van der Waals surface area contributed by atoms with Crippen molar-refractivity contribution in [3.8, 4) is 5.75 Å². The van der Waals surface area contributed by atoms with Crippen LogP contribution in [0.4, 0.5) is 21.6 Å². The summed E-state index contributed by atoms with van der Waals surface area (Å²) in [6.45, 7) is 3.52.